The number of nitrogens with one attached hydrogen (secondary N) is 1. The van der Waals surface area contributed by atoms with E-state index in [-0.39, 0.29) is 0 Å². The molecule has 0 spiro atoms. The van der Waals surface area contributed by atoms with E-state index in [4.69, 9.17) is 0 Å². The van der Waals surface area contributed by atoms with Crippen LogP contribution >= 0.6 is 0 Å². The first kappa shape index (κ1) is 11.6. The van der Waals surface area contributed by atoms with Crippen LogP contribution in [0.15, 0.2) is 0 Å². The number of rotatable bonds is 3. The lowest BCUT2D eigenvalue weighted by atomic mass is 10.2. The molecule has 1 aliphatic rings. The summed E-state index contributed by atoms with van der Waals surface area (Å²) in [5.41, 5.74) is 0. The fourth-order valence-electron chi connectivity index (χ4n) is 1.19. The van der Waals surface area contributed by atoms with Crippen molar-refractivity contribution in [2.75, 3.05) is 13.2 Å². The first-order valence-electron chi connectivity index (χ1n) is 4.15. The molecule has 2 nitrogen and oxygen atoms in total. The highest BCUT2D eigenvalue weighted by molar-refractivity contribution is 4.75. The highest BCUT2D eigenvalue weighted by Crippen LogP contribution is 2.36. The van der Waals surface area contributed by atoms with Crippen molar-refractivity contribution >= 4 is 0 Å². The third-order valence-electron chi connectivity index (χ3n) is 1.96. The van der Waals surface area contributed by atoms with Gasteiger partial charge in [0.1, 0.15) is 0 Å². The van der Waals surface area contributed by atoms with E-state index in [1.807, 2.05) is 0 Å². The Morgan fingerprint density at radius 2 is 1.86 bits per heavy atom. The molecular formula is C7H10F5NO. The Hall–Kier alpha value is -0.430. The van der Waals surface area contributed by atoms with E-state index in [9.17, 15) is 22.0 Å². The first-order valence-corrected chi connectivity index (χ1v) is 4.15. The third-order valence-corrected chi connectivity index (χ3v) is 1.96. The normalized spacial score (nSPS) is 24.2. The molecule has 0 amide bonds. The molecule has 1 rings (SSSR count). The van der Waals surface area contributed by atoms with Gasteiger partial charge in [-0.1, -0.05) is 0 Å². The van der Waals surface area contributed by atoms with Gasteiger partial charge in [-0.25, -0.2) is 0 Å². The van der Waals surface area contributed by atoms with E-state index >= 15 is 0 Å². The minimum atomic E-state index is -5.63. The topological polar surface area (TPSA) is 21.3 Å². The molecule has 0 radical (unpaired) electrons. The molecule has 1 atom stereocenters. The van der Waals surface area contributed by atoms with Crippen molar-refractivity contribution in [1.82, 2.24) is 5.32 Å². The second kappa shape index (κ2) is 3.98. The van der Waals surface area contributed by atoms with Gasteiger partial charge < -0.3 is 10.1 Å². The first-order chi connectivity index (χ1) is 6.33. The van der Waals surface area contributed by atoms with Crippen molar-refractivity contribution < 1.29 is 26.7 Å². The molecule has 1 fully saturated rings. The van der Waals surface area contributed by atoms with Crippen LogP contribution in [0.1, 0.15) is 12.8 Å². The highest BCUT2D eigenvalue weighted by atomic mass is 19.4. The number of alkyl halides is 5. The molecule has 7 heteroatoms. The molecule has 1 saturated heterocycles. The second-order valence-electron chi connectivity index (χ2n) is 3.12. The van der Waals surface area contributed by atoms with Crippen molar-refractivity contribution in [1.29, 1.82) is 0 Å². The third kappa shape index (κ3) is 2.78. The zero-order chi connectivity index (χ0) is 10.8. The van der Waals surface area contributed by atoms with E-state index in [1.54, 1.807) is 0 Å². The van der Waals surface area contributed by atoms with Crippen LogP contribution in [-0.4, -0.2) is 31.5 Å². The smallest absolute Gasteiger partial charge is 0.312 e. The van der Waals surface area contributed by atoms with Gasteiger partial charge in [0.25, 0.3) is 0 Å². The van der Waals surface area contributed by atoms with Crippen molar-refractivity contribution in [3.05, 3.63) is 0 Å². The Labute approximate surface area is 77.4 Å². The van der Waals surface area contributed by atoms with Gasteiger partial charge in [-0.2, -0.15) is 22.0 Å². The molecule has 0 bridgehead atoms. The van der Waals surface area contributed by atoms with E-state index in [1.165, 1.54) is 0 Å². The summed E-state index contributed by atoms with van der Waals surface area (Å²) in [6, 6.07) is -0.400. The summed E-state index contributed by atoms with van der Waals surface area (Å²) in [4.78, 5) is 0. The fraction of sp³-hybridized carbons (Fsp3) is 1.00. The van der Waals surface area contributed by atoms with E-state index in [0.29, 0.717) is 13.0 Å². The molecular weight excluding hydrogens is 209 g/mol. The van der Waals surface area contributed by atoms with Crippen LogP contribution in [0.4, 0.5) is 22.0 Å². The van der Waals surface area contributed by atoms with E-state index < -0.39 is 24.9 Å². The molecule has 0 aromatic heterocycles. The molecule has 1 heterocycles. The van der Waals surface area contributed by atoms with Crippen molar-refractivity contribution in [3.63, 3.8) is 0 Å². The van der Waals surface area contributed by atoms with Gasteiger partial charge in [-0.3, -0.25) is 0 Å². The average Bonchev–Trinajstić information content (AvgIpc) is 2.50. The Bertz CT molecular complexity index is 187. The number of halogens is 5. The maximum Gasteiger partial charge on any atom is 0.482 e. The minimum absolute atomic E-state index is 0.400. The van der Waals surface area contributed by atoms with Crippen molar-refractivity contribution in [2.45, 2.75) is 31.2 Å². The monoisotopic (exact) mass is 219 g/mol. The quantitative estimate of drug-likeness (QED) is 0.732. The molecule has 0 aliphatic carbocycles. The van der Waals surface area contributed by atoms with Crippen LogP contribution in [0.25, 0.3) is 0 Å². The average molecular weight is 219 g/mol. The molecule has 1 N–H and O–H groups in total. The Kier molecular flexibility index (Phi) is 3.31. The van der Waals surface area contributed by atoms with Crippen LogP contribution in [0.5, 0.6) is 0 Å². The van der Waals surface area contributed by atoms with Crippen LogP contribution in [0, 0.1) is 0 Å². The maximum atomic E-state index is 12.2. The van der Waals surface area contributed by atoms with Crippen LogP contribution in [-0.2, 0) is 4.74 Å². The molecule has 0 aromatic rings. The summed E-state index contributed by atoms with van der Waals surface area (Å²) >= 11 is 0. The number of hydrogen-bond acceptors (Lipinski definition) is 2. The molecule has 84 valence electrons. The van der Waals surface area contributed by atoms with E-state index in [2.05, 4.69) is 10.1 Å². The highest BCUT2D eigenvalue weighted by Gasteiger charge is 2.59. The molecule has 14 heavy (non-hydrogen) atoms. The lowest BCUT2D eigenvalue weighted by molar-refractivity contribution is -0.391. The Morgan fingerprint density at radius 1 is 1.21 bits per heavy atom. The van der Waals surface area contributed by atoms with E-state index in [0.717, 1.165) is 6.42 Å². The largest absolute Gasteiger partial charge is 0.482 e. The van der Waals surface area contributed by atoms with Crippen LogP contribution in [0.2, 0.25) is 0 Å². The van der Waals surface area contributed by atoms with Gasteiger partial charge >= 0.3 is 12.3 Å². The molecule has 0 aromatic carbocycles. The molecule has 0 unspecified atom stereocenters. The van der Waals surface area contributed by atoms with Gasteiger partial charge in [0.05, 0.1) is 6.61 Å². The standard InChI is InChI=1S/C7H10F5NO/c8-6(9,10)7(11,12)14-4-5-2-1-3-13-5/h5,13H,1-4H2/t5-/m0/s1. The van der Waals surface area contributed by atoms with Crippen LogP contribution in [0.3, 0.4) is 0 Å². The lowest BCUT2D eigenvalue weighted by Crippen LogP contribution is -2.42. The van der Waals surface area contributed by atoms with Crippen molar-refractivity contribution in [2.24, 2.45) is 0 Å². The minimum Gasteiger partial charge on any atom is -0.312 e. The number of hydrogen-bond donors (Lipinski definition) is 1. The fourth-order valence-corrected chi connectivity index (χ4v) is 1.19. The summed E-state index contributed by atoms with van der Waals surface area (Å²) < 4.78 is 62.8. The Balaban J connectivity index is 2.35. The molecule has 1 aliphatic heterocycles. The maximum absolute atomic E-state index is 12.2. The van der Waals surface area contributed by atoms with Gasteiger partial charge in [-0.15, -0.1) is 0 Å². The predicted octanol–water partition coefficient (Wildman–Crippen LogP) is 1.91. The lowest BCUT2D eigenvalue weighted by Gasteiger charge is -2.21. The SMILES string of the molecule is FC(F)(F)C(F)(F)OC[C@@H]1CCCN1. The Morgan fingerprint density at radius 3 is 2.29 bits per heavy atom. The number of ether oxygens (including phenoxy) is 1. The van der Waals surface area contributed by atoms with Gasteiger partial charge in [0, 0.05) is 6.04 Å². The second-order valence-corrected chi connectivity index (χ2v) is 3.12. The van der Waals surface area contributed by atoms with Gasteiger partial charge in [0.15, 0.2) is 0 Å². The zero-order valence-corrected chi connectivity index (χ0v) is 7.20. The summed E-state index contributed by atoms with van der Waals surface area (Å²) in [6.45, 7) is 0.0120. The zero-order valence-electron chi connectivity index (χ0n) is 7.20. The predicted molar refractivity (Wildman–Crippen MR) is 38.0 cm³/mol. The van der Waals surface area contributed by atoms with Gasteiger partial charge in [0.2, 0.25) is 0 Å². The summed E-state index contributed by atoms with van der Waals surface area (Å²) in [5.74, 6) is 0. The summed E-state index contributed by atoms with van der Waals surface area (Å²) in [6.07, 6.45) is -9.34. The molecule has 0 saturated carbocycles. The summed E-state index contributed by atoms with van der Waals surface area (Å²) in [7, 11) is 0. The van der Waals surface area contributed by atoms with Crippen LogP contribution < -0.4 is 5.32 Å². The van der Waals surface area contributed by atoms with Crippen molar-refractivity contribution in [3.8, 4) is 0 Å². The summed E-state index contributed by atoms with van der Waals surface area (Å²) in [5, 5.41) is 2.75. The van der Waals surface area contributed by atoms with Gasteiger partial charge in [-0.05, 0) is 19.4 Å².